The van der Waals surface area contributed by atoms with Gasteiger partial charge in [-0.1, -0.05) is 6.07 Å². The van der Waals surface area contributed by atoms with Crippen LogP contribution in [0.25, 0.3) is 16.3 Å². The molecule has 0 atom stereocenters. The van der Waals surface area contributed by atoms with Gasteiger partial charge in [0.2, 0.25) is 5.91 Å². The van der Waals surface area contributed by atoms with Crippen molar-refractivity contribution in [2.24, 2.45) is 0 Å². The normalized spacial score (nSPS) is 10.7. The Balaban J connectivity index is 1.43. The Morgan fingerprint density at radius 1 is 1.24 bits per heavy atom. The van der Waals surface area contributed by atoms with Crippen LogP contribution in [0, 0.1) is 0 Å². The number of carbonyl (C=O) groups is 1. The van der Waals surface area contributed by atoms with Crippen molar-refractivity contribution < 1.29 is 4.79 Å². The van der Waals surface area contributed by atoms with Gasteiger partial charge in [0.25, 0.3) is 0 Å². The summed E-state index contributed by atoms with van der Waals surface area (Å²) in [5.74, 6) is -0.115. The molecule has 3 heterocycles. The molecule has 9 heteroatoms. The van der Waals surface area contributed by atoms with Gasteiger partial charge in [0.05, 0.1) is 17.8 Å². The topological polar surface area (TPSA) is 85.6 Å². The number of nitrogens with zero attached hydrogens (tertiary/aromatic N) is 5. The van der Waals surface area contributed by atoms with Crippen molar-refractivity contribution in [1.29, 1.82) is 0 Å². The van der Waals surface area contributed by atoms with Gasteiger partial charge in [-0.15, -0.1) is 16.4 Å². The molecular formula is C16H12N6OS2. The number of benzene rings is 1. The van der Waals surface area contributed by atoms with E-state index in [9.17, 15) is 4.79 Å². The maximum absolute atomic E-state index is 12.3. The lowest BCUT2D eigenvalue weighted by atomic mass is 10.2. The molecule has 0 bridgehead atoms. The first-order chi connectivity index (χ1) is 12.3. The second-order valence-electron chi connectivity index (χ2n) is 5.19. The zero-order chi connectivity index (χ0) is 17.1. The van der Waals surface area contributed by atoms with Crippen molar-refractivity contribution in [2.75, 3.05) is 5.32 Å². The van der Waals surface area contributed by atoms with E-state index in [4.69, 9.17) is 0 Å². The molecule has 3 aromatic heterocycles. The number of amides is 1. The van der Waals surface area contributed by atoms with Crippen LogP contribution in [0.3, 0.4) is 0 Å². The minimum Gasteiger partial charge on any atom is -0.326 e. The number of hydrogen-bond donors (Lipinski definition) is 1. The Kier molecular flexibility index (Phi) is 4.32. The fraction of sp³-hybridized carbons (Fsp3) is 0.0625. The summed E-state index contributed by atoms with van der Waals surface area (Å²) in [6, 6.07) is 9.36. The lowest BCUT2D eigenvalue weighted by molar-refractivity contribution is -0.115. The van der Waals surface area contributed by atoms with Crippen LogP contribution in [0.1, 0.15) is 5.69 Å². The van der Waals surface area contributed by atoms with Gasteiger partial charge >= 0.3 is 0 Å². The average molecular weight is 368 g/mol. The smallest absolute Gasteiger partial charge is 0.230 e. The number of thiazole rings is 1. The molecule has 124 valence electrons. The molecule has 1 amide bonds. The zero-order valence-electron chi connectivity index (χ0n) is 12.9. The molecule has 1 N–H and O–H groups in total. The first-order valence-electron chi connectivity index (χ1n) is 7.38. The molecule has 0 aliphatic carbocycles. The summed E-state index contributed by atoms with van der Waals surface area (Å²) >= 11 is 3.18. The fourth-order valence-electron chi connectivity index (χ4n) is 2.28. The number of tetrazole rings is 1. The largest absolute Gasteiger partial charge is 0.326 e. The SMILES string of the molecule is O=C(Cc1csc(-c2ccsc2)n1)Nc1cccc(-n2cnnn2)c1. The summed E-state index contributed by atoms with van der Waals surface area (Å²) in [6.45, 7) is 0. The molecule has 0 saturated heterocycles. The fourth-order valence-corrected chi connectivity index (χ4v) is 3.81. The summed E-state index contributed by atoms with van der Waals surface area (Å²) < 4.78 is 1.53. The summed E-state index contributed by atoms with van der Waals surface area (Å²) in [7, 11) is 0. The number of anilines is 1. The number of carbonyl (C=O) groups excluding carboxylic acids is 1. The molecule has 4 aromatic rings. The van der Waals surface area contributed by atoms with Gasteiger partial charge in [-0.2, -0.15) is 11.3 Å². The first-order valence-corrected chi connectivity index (χ1v) is 9.20. The van der Waals surface area contributed by atoms with Crippen molar-refractivity contribution in [1.82, 2.24) is 25.2 Å². The summed E-state index contributed by atoms with van der Waals surface area (Å²) in [6.07, 6.45) is 1.73. The molecule has 4 rings (SSSR count). The Hall–Kier alpha value is -2.91. The maximum Gasteiger partial charge on any atom is 0.230 e. The van der Waals surface area contributed by atoms with Gasteiger partial charge in [0, 0.05) is 22.0 Å². The quantitative estimate of drug-likeness (QED) is 0.585. The summed E-state index contributed by atoms with van der Waals surface area (Å²) in [5.41, 5.74) is 3.32. The maximum atomic E-state index is 12.3. The van der Waals surface area contributed by atoms with Crippen LogP contribution in [0.2, 0.25) is 0 Å². The van der Waals surface area contributed by atoms with Gasteiger partial charge in [-0.05, 0) is 40.1 Å². The number of rotatable bonds is 5. The number of hydrogen-bond acceptors (Lipinski definition) is 7. The van der Waals surface area contributed by atoms with Crippen molar-refractivity contribution in [3.8, 4) is 16.3 Å². The van der Waals surface area contributed by atoms with Gasteiger partial charge in [0.15, 0.2) is 0 Å². The van der Waals surface area contributed by atoms with Crippen LogP contribution >= 0.6 is 22.7 Å². The molecule has 1 aromatic carbocycles. The van der Waals surface area contributed by atoms with E-state index < -0.39 is 0 Å². The number of thiophene rings is 1. The molecule has 0 radical (unpaired) electrons. The first kappa shape index (κ1) is 15.6. The molecule has 0 aliphatic heterocycles. The highest BCUT2D eigenvalue weighted by Crippen LogP contribution is 2.26. The third-order valence-corrected chi connectivity index (χ3v) is 5.03. The highest BCUT2D eigenvalue weighted by molar-refractivity contribution is 7.14. The lowest BCUT2D eigenvalue weighted by Gasteiger charge is -2.06. The molecule has 0 unspecified atom stereocenters. The van der Waals surface area contributed by atoms with E-state index in [1.807, 2.05) is 46.5 Å². The van der Waals surface area contributed by atoms with Gasteiger partial charge in [-0.25, -0.2) is 9.67 Å². The van der Waals surface area contributed by atoms with E-state index in [2.05, 4.69) is 25.8 Å². The minimum atomic E-state index is -0.115. The second-order valence-corrected chi connectivity index (χ2v) is 6.82. The zero-order valence-corrected chi connectivity index (χ0v) is 14.5. The molecule has 0 spiro atoms. The average Bonchev–Trinajstić information content (AvgIpc) is 3.37. The number of aromatic nitrogens is 5. The van der Waals surface area contributed by atoms with E-state index in [1.165, 1.54) is 11.0 Å². The van der Waals surface area contributed by atoms with Crippen LogP contribution in [-0.4, -0.2) is 31.1 Å². The van der Waals surface area contributed by atoms with Crippen molar-refractivity contribution in [3.05, 3.63) is 58.5 Å². The molecule has 25 heavy (non-hydrogen) atoms. The number of nitrogens with one attached hydrogen (secondary N) is 1. The van der Waals surface area contributed by atoms with Gasteiger partial charge in [0.1, 0.15) is 11.3 Å². The molecular weight excluding hydrogens is 356 g/mol. The Morgan fingerprint density at radius 3 is 3.00 bits per heavy atom. The van der Waals surface area contributed by atoms with Crippen LogP contribution in [-0.2, 0) is 11.2 Å². The van der Waals surface area contributed by atoms with Crippen LogP contribution in [0.5, 0.6) is 0 Å². The Morgan fingerprint density at radius 2 is 2.20 bits per heavy atom. The third kappa shape index (κ3) is 3.62. The lowest BCUT2D eigenvalue weighted by Crippen LogP contribution is -2.14. The summed E-state index contributed by atoms with van der Waals surface area (Å²) in [5, 5.41) is 20.9. The van der Waals surface area contributed by atoms with Gasteiger partial charge < -0.3 is 5.32 Å². The van der Waals surface area contributed by atoms with Crippen LogP contribution < -0.4 is 5.32 Å². The third-order valence-electron chi connectivity index (χ3n) is 3.41. The van der Waals surface area contributed by atoms with E-state index in [0.29, 0.717) is 5.69 Å². The predicted molar refractivity (Wildman–Crippen MR) is 96.9 cm³/mol. The van der Waals surface area contributed by atoms with Crippen molar-refractivity contribution in [3.63, 3.8) is 0 Å². The van der Waals surface area contributed by atoms with Crippen LogP contribution in [0.15, 0.2) is 52.8 Å². The second kappa shape index (κ2) is 6.91. The summed E-state index contributed by atoms with van der Waals surface area (Å²) in [4.78, 5) is 16.8. The molecule has 0 fully saturated rings. The molecule has 0 saturated carbocycles. The van der Waals surface area contributed by atoms with E-state index in [-0.39, 0.29) is 12.3 Å². The standard InChI is InChI=1S/C16H12N6OS2/c23-15(7-13-9-25-16(19-13)11-4-5-24-8-11)18-12-2-1-3-14(6-12)22-10-17-20-21-22/h1-6,8-10H,7H2,(H,18,23). The van der Waals surface area contributed by atoms with Crippen LogP contribution in [0.4, 0.5) is 5.69 Å². The molecule has 7 nitrogen and oxygen atoms in total. The minimum absolute atomic E-state index is 0.115. The highest BCUT2D eigenvalue weighted by atomic mass is 32.1. The Labute approximate surface area is 151 Å². The van der Waals surface area contributed by atoms with E-state index in [0.717, 1.165) is 22.0 Å². The van der Waals surface area contributed by atoms with E-state index >= 15 is 0 Å². The highest BCUT2D eigenvalue weighted by Gasteiger charge is 2.10. The van der Waals surface area contributed by atoms with E-state index in [1.54, 1.807) is 22.7 Å². The van der Waals surface area contributed by atoms with Gasteiger partial charge in [-0.3, -0.25) is 4.79 Å². The monoisotopic (exact) mass is 368 g/mol. The van der Waals surface area contributed by atoms with Crippen molar-refractivity contribution in [2.45, 2.75) is 6.42 Å². The molecule has 0 aliphatic rings. The Bertz CT molecular complexity index is 978. The van der Waals surface area contributed by atoms with Crippen molar-refractivity contribution >= 4 is 34.3 Å². The predicted octanol–water partition coefficient (Wildman–Crippen LogP) is 3.03.